The number of carbonyl (C=O) groups excluding carboxylic acids is 2. The van der Waals surface area contributed by atoms with Gasteiger partial charge in [0, 0.05) is 11.1 Å². The van der Waals surface area contributed by atoms with Crippen LogP contribution in [0.5, 0.6) is 0 Å². The van der Waals surface area contributed by atoms with E-state index in [1.807, 2.05) is 74.7 Å². The van der Waals surface area contributed by atoms with E-state index >= 15 is 0 Å². The van der Waals surface area contributed by atoms with Gasteiger partial charge in [0.1, 0.15) is 0 Å². The first-order chi connectivity index (χ1) is 14.9. The summed E-state index contributed by atoms with van der Waals surface area (Å²) in [4.78, 5) is 31.0. The molecule has 0 radical (unpaired) electrons. The van der Waals surface area contributed by atoms with Gasteiger partial charge in [-0.25, -0.2) is 9.78 Å². The Morgan fingerprint density at radius 1 is 1.00 bits per heavy atom. The number of hydrogen-bond donors (Lipinski definition) is 1. The molecule has 31 heavy (non-hydrogen) atoms. The average Bonchev–Trinajstić information content (AvgIpc) is 3.28. The zero-order valence-corrected chi connectivity index (χ0v) is 18.4. The second-order valence-electron chi connectivity index (χ2n) is 7.45. The van der Waals surface area contributed by atoms with Gasteiger partial charge in [0.05, 0.1) is 21.7 Å². The lowest BCUT2D eigenvalue weighted by Crippen LogP contribution is -2.22. The van der Waals surface area contributed by atoms with Crippen LogP contribution in [0.4, 0.5) is 5.69 Å². The third kappa shape index (κ3) is 4.49. The molecule has 2 aromatic carbocycles. The van der Waals surface area contributed by atoms with Crippen molar-refractivity contribution in [1.82, 2.24) is 4.98 Å². The minimum Gasteiger partial charge on any atom is -0.452 e. The van der Waals surface area contributed by atoms with E-state index in [-0.39, 0.29) is 12.5 Å². The molecule has 0 spiro atoms. The van der Waals surface area contributed by atoms with Crippen LogP contribution in [0.1, 0.15) is 27.0 Å². The molecular formula is C25H22N2O3S. The third-order valence-electron chi connectivity index (χ3n) is 4.99. The number of ether oxygens (including phenoxy) is 1. The molecular weight excluding hydrogens is 408 g/mol. The Hall–Kier alpha value is -3.51. The predicted octanol–water partition coefficient (Wildman–Crippen LogP) is 5.68. The van der Waals surface area contributed by atoms with Crippen molar-refractivity contribution < 1.29 is 14.3 Å². The highest BCUT2D eigenvalue weighted by Gasteiger charge is 2.17. The van der Waals surface area contributed by atoms with Crippen LogP contribution in [0.2, 0.25) is 0 Å². The molecule has 2 heterocycles. The zero-order valence-electron chi connectivity index (χ0n) is 17.6. The molecule has 1 N–H and O–H groups in total. The maximum atomic E-state index is 12.9. The molecule has 0 aliphatic carbocycles. The van der Waals surface area contributed by atoms with Gasteiger partial charge >= 0.3 is 5.97 Å². The van der Waals surface area contributed by atoms with Crippen LogP contribution in [0.25, 0.3) is 21.5 Å². The number of para-hydroxylation sites is 1. The highest BCUT2D eigenvalue weighted by Crippen LogP contribution is 2.28. The second-order valence-corrected chi connectivity index (χ2v) is 8.40. The molecule has 0 fully saturated rings. The van der Waals surface area contributed by atoms with Crippen LogP contribution in [0, 0.1) is 20.8 Å². The van der Waals surface area contributed by atoms with E-state index in [0.717, 1.165) is 27.3 Å². The lowest BCUT2D eigenvalue weighted by atomic mass is 10.1. The van der Waals surface area contributed by atoms with Crippen LogP contribution in [-0.4, -0.2) is 23.5 Å². The number of aromatic nitrogens is 1. The molecule has 5 nitrogen and oxygen atoms in total. The van der Waals surface area contributed by atoms with Crippen molar-refractivity contribution in [2.75, 3.05) is 11.9 Å². The first kappa shape index (κ1) is 20.8. The molecule has 0 aliphatic rings. The Labute approximate surface area is 184 Å². The van der Waals surface area contributed by atoms with Crippen molar-refractivity contribution in [2.24, 2.45) is 0 Å². The van der Waals surface area contributed by atoms with Gasteiger partial charge in [-0.3, -0.25) is 4.79 Å². The summed E-state index contributed by atoms with van der Waals surface area (Å²) in [7, 11) is 0. The first-order valence-corrected chi connectivity index (χ1v) is 10.8. The normalized spacial score (nSPS) is 10.8. The SMILES string of the molecule is Cc1cc(C)c(NC(=O)COC(=O)c2cc(-c3cccs3)nc3ccccc23)c(C)c1. The van der Waals surface area contributed by atoms with Gasteiger partial charge in [-0.05, 0) is 55.5 Å². The summed E-state index contributed by atoms with van der Waals surface area (Å²) in [6.45, 7) is 5.53. The molecule has 6 heteroatoms. The van der Waals surface area contributed by atoms with Crippen molar-refractivity contribution in [3.8, 4) is 10.6 Å². The lowest BCUT2D eigenvalue weighted by molar-refractivity contribution is -0.119. The minimum atomic E-state index is -0.552. The highest BCUT2D eigenvalue weighted by atomic mass is 32.1. The third-order valence-corrected chi connectivity index (χ3v) is 5.88. The van der Waals surface area contributed by atoms with E-state index in [1.54, 1.807) is 17.4 Å². The van der Waals surface area contributed by atoms with Crippen molar-refractivity contribution in [2.45, 2.75) is 20.8 Å². The van der Waals surface area contributed by atoms with E-state index in [9.17, 15) is 9.59 Å². The standard InChI is InChI=1S/C25H22N2O3S/c1-15-11-16(2)24(17(3)12-15)27-23(28)14-30-25(29)19-13-21(22-9-6-10-31-22)26-20-8-5-4-7-18(19)20/h4-13H,14H2,1-3H3,(H,27,28). The Morgan fingerprint density at radius 2 is 1.74 bits per heavy atom. The number of nitrogens with zero attached hydrogens (tertiary/aromatic N) is 1. The Morgan fingerprint density at radius 3 is 2.45 bits per heavy atom. The van der Waals surface area contributed by atoms with Gasteiger partial charge in [-0.1, -0.05) is 42.0 Å². The molecule has 0 saturated heterocycles. The van der Waals surface area contributed by atoms with Crippen molar-refractivity contribution >= 4 is 39.8 Å². The summed E-state index contributed by atoms with van der Waals surface area (Å²) in [5.74, 6) is -0.927. The molecule has 0 aliphatic heterocycles. The van der Waals surface area contributed by atoms with Crippen molar-refractivity contribution in [1.29, 1.82) is 0 Å². The summed E-state index contributed by atoms with van der Waals surface area (Å²) in [5.41, 5.74) is 5.62. The molecule has 0 bridgehead atoms. The summed E-state index contributed by atoms with van der Waals surface area (Å²) < 4.78 is 5.37. The van der Waals surface area contributed by atoms with E-state index in [1.165, 1.54) is 0 Å². The topological polar surface area (TPSA) is 68.3 Å². The van der Waals surface area contributed by atoms with E-state index in [2.05, 4.69) is 10.3 Å². The summed E-state index contributed by atoms with van der Waals surface area (Å²) in [6, 6.07) is 17.0. The molecule has 0 unspecified atom stereocenters. The fourth-order valence-corrected chi connectivity index (χ4v) is 4.34. The van der Waals surface area contributed by atoms with E-state index in [0.29, 0.717) is 22.2 Å². The summed E-state index contributed by atoms with van der Waals surface area (Å²) in [5, 5.41) is 5.51. The number of amides is 1. The minimum absolute atomic E-state index is 0.365. The highest BCUT2D eigenvalue weighted by molar-refractivity contribution is 7.13. The number of thiophene rings is 1. The van der Waals surface area contributed by atoms with Gasteiger partial charge < -0.3 is 10.1 Å². The molecule has 4 rings (SSSR count). The number of pyridine rings is 1. The quantitative estimate of drug-likeness (QED) is 0.413. The van der Waals surface area contributed by atoms with E-state index < -0.39 is 5.97 Å². The molecule has 156 valence electrons. The summed E-state index contributed by atoms with van der Waals surface area (Å²) >= 11 is 1.55. The molecule has 4 aromatic rings. The Kier molecular flexibility index (Phi) is 5.82. The van der Waals surface area contributed by atoms with Gasteiger partial charge in [0.25, 0.3) is 5.91 Å². The number of fused-ring (bicyclic) bond motifs is 1. The molecule has 2 aromatic heterocycles. The Balaban J connectivity index is 1.54. The fraction of sp³-hybridized carbons (Fsp3) is 0.160. The second kappa shape index (κ2) is 8.70. The average molecular weight is 431 g/mol. The summed E-state index contributed by atoms with van der Waals surface area (Å²) in [6.07, 6.45) is 0. The predicted molar refractivity (Wildman–Crippen MR) is 125 cm³/mol. The number of carbonyl (C=O) groups is 2. The van der Waals surface area contributed by atoms with Gasteiger partial charge in [-0.15, -0.1) is 11.3 Å². The number of anilines is 1. The number of benzene rings is 2. The smallest absolute Gasteiger partial charge is 0.339 e. The van der Waals surface area contributed by atoms with E-state index in [4.69, 9.17) is 4.74 Å². The van der Waals surface area contributed by atoms with Gasteiger partial charge in [-0.2, -0.15) is 0 Å². The van der Waals surface area contributed by atoms with Crippen molar-refractivity contribution in [3.05, 3.63) is 82.2 Å². The number of esters is 1. The number of hydrogen-bond acceptors (Lipinski definition) is 5. The van der Waals surface area contributed by atoms with Gasteiger partial charge in [0.2, 0.25) is 0 Å². The van der Waals surface area contributed by atoms with Crippen LogP contribution < -0.4 is 5.32 Å². The Bertz CT molecular complexity index is 1260. The van der Waals surface area contributed by atoms with Crippen LogP contribution in [0.3, 0.4) is 0 Å². The van der Waals surface area contributed by atoms with Crippen LogP contribution in [0.15, 0.2) is 60.0 Å². The number of rotatable bonds is 5. The molecule has 1 amide bonds. The number of aryl methyl sites for hydroxylation is 3. The van der Waals surface area contributed by atoms with Crippen molar-refractivity contribution in [3.63, 3.8) is 0 Å². The largest absolute Gasteiger partial charge is 0.452 e. The number of nitrogens with one attached hydrogen (secondary N) is 1. The maximum absolute atomic E-state index is 12.9. The van der Waals surface area contributed by atoms with Crippen LogP contribution >= 0.6 is 11.3 Å². The maximum Gasteiger partial charge on any atom is 0.339 e. The monoisotopic (exact) mass is 430 g/mol. The lowest BCUT2D eigenvalue weighted by Gasteiger charge is -2.13. The van der Waals surface area contributed by atoms with Gasteiger partial charge in [0.15, 0.2) is 6.61 Å². The fourth-order valence-electron chi connectivity index (χ4n) is 3.66. The zero-order chi connectivity index (χ0) is 22.0. The molecule has 0 atom stereocenters. The first-order valence-electron chi connectivity index (χ1n) is 9.91. The van der Waals surface area contributed by atoms with Crippen LogP contribution in [-0.2, 0) is 9.53 Å². The molecule has 0 saturated carbocycles.